The molecule has 54 heteroatoms. The second kappa shape index (κ2) is 124. The number of hydrogen-bond donors (Lipinski definition) is 14. The van der Waals surface area contributed by atoms with Gasteiger partial charge in [0.2, 0.25) is 0 Å². The summed E-state index contributed by atoms with van der Waals surface area (Å²) in [6, 6.07) is 0. The van der Waals surface area contributed by atoms with Gasteiger partial charge in [0.15, 0.2) is 0 Å². The predicted molar refractivity (Wildman–Crippen MR) is 139 cm³/mol. The average molecular weight is 1050 g/mol. The van der Waals surface area contributed by atoms with Gasteiger partial charge in [-0.05, 0) is 0 Å². The molecule has 0 aliphatic rings. The molecule has 0 aliphatic heterocycles. The summed E-state index contributed by atoms with van der Waals surface area (Å²) in [7, 11) is -28.2. The standard InChI is InChI=1S/4Na.H4O6Si2.2H4O4Si.O4Si.3H2O3Si.2O2Si.9H2O/c;;;;1-4-8(3)6-5-7-2;3*1-5(2,3)4;1-4(2)3;2*1-3-4-2;2*1-3-2;;;;;;;;;/h;;;;1,3,7-8H;2*1-4H;;1-2H;2*1,4H;;;9*1H2/q4*+1;;;;-4;;;;;;;;;;;;;;. The Bertz CT molecular complexity index is 535. The minimum Gasteiger partial charge on any atom is -0.894 e. The Morgan fingerprint density at radius 1 is 0.537 bits per heavy atom. The van der Waals surface area contributed by atoms with Gasteiger partial charge in [0.05, 0.1) is 0 Å². The first kappa shape index (κ1) is 146. The Hall–Kier alpha value is 2.49. The first-order valence-electron chi connectivity index (χ1n) is 6.93. The second-order valence-electron chi connectivity index (χ2n) is 3.25. The molecule has 40 nitrogen and oxygen atoms in total. The third kappa shape index (κ3) is 1420. The van der Waals surface area contributed by atoms with Gasteiger partial charge in [-0.15, -0.1) is 0 Å². The number of rotatable bonds is 6. The van der Waals surface area contributed by atoms with E-state index < -0.39 is 93.4 Å². The zero-order valence-electron chi connectivity index (χ0n) is 27.0. The second-order valence-corrected chi connectivity index (χ2v) is 9.76. The predicted octanol–water partition coefficient (Wildman–Crippen LogP) is -36.4. The Morgan fingerprint density at radius 3 is 0.704 bits per heavy atom. The molecular weight excluding hydrogens is 1010 g/mol. The Balaban J connectivity index is -0.0000000105. The molecule has 0 fully saturated rings. The van der Waals surface area contributed by atoms with Gasteiger partial charge < -0.3 is 157 Å². The normalized spacial score (nSPS) is 6.74. The van der Waals surface area contributed by atoms with Crippen molar-refractivity contribution in [2.75, 3.05) is 0 Å². The summed E-state index contributed by atoms with van der Waals surface area (Å²) in [5, 5.41) is 21.8. The Labute approximate surface area is 402 Å². The van der Waals surface area contributed by atoms with E-state index in [1.54, 1.807) is 0 Å². The summed E-state index contributed by atoms with van der Waals surface area (Å²) in [6.45, 7) is 0. The van der Waals surface area contributed by atoms with Gasteiger partial charge >= 0.3 is 203 Å². The molecule has 0 saturated carbocycles. The zero-order chi connectivity index (χ0) is 35.7. The molecule has 32 N–H and O–H groups in total. The van der Waals surface area contributed by atoms with Crippen LogP contribution in [0.3, 0.4) is 0 Å². The van der Waals surface area contributed by atoms with Crippen molar-refractivity contribution in [3.63, 3.8) is 0 Å². The van der Waals surface area contributed by atoms with E-state index in [2.05, 4.69) is 22.9 Å². The van der Waals surface area contributed by atoms with E-state index in [-0.39, 0.29) is 168 Å². The molecular formula is H36Na4O40Si10. The summed E-state index contributed by atoms with van der Waals surface area (Å²) >= 11 is 0. The third-order valence-corrected chi connectivity index (χ3v) is 1.39. The topological polar surface area (TPSA) is 842 Å². The van der Waals surface area contributed by atoms with Crippen molar-refractivity contribution < 1.29 is 314 Å². The Morgan fingerprint density at radius 2 is 0.648 bits per heavy atom. The maximum absolute atomic E-state index is 9.46. The van der Waals surface area contributed by atoms with E-state index in [1.165, 1.54) is 0 Å². The van der Waals surface area contributed by atoms with Gasteiger partial charge in [-0.1, -0.05) is 0 Å². The van der Waals surface area contributed by atoms with Crippen LogP contribution < -0.4 is 137 Å². The van der Waals surface area contributed by atoms with Crippen LogP contribution in [0.2, 0.25) is 0 Å². The summed E-state index contributed by atoms with van der Waals surface area (Å²) < 4.78 is 86.6. The SMILES string of the molecule is O.O.O.O.O.O.O.O.O.O=[SiH]OO.O=[SiH]OO.O=[SiH]OO[SiH](O)OO.O=[Si](O)O.O=[Si]=O.O=[Si]=O.O[Si](O)(O)O.O[Si](O)(O)O.[Na+].[Na+].[Na+].[Na+].[O-][Si]([O-])([O-])[O-]. The van der Waals surface area contributed by atoms with E-state index in [0.29, 0.717) is 0 Å². The fourth-order valence-electron chi connectivity index (χ4n) is 0.0878. The van der Waals surface area contributed by atoms with E-state index in [9.17, 15) is 4.46 Å². The minimum atomic E-state index is -5.61. The maximum atomic E-state index is 9.46. The molecule has 0 aliphatic carbocycles. The van der Waals surface area contributed by atoms with E-state index >= 15 is 0 Å². The van der Waals surface area contributed by atoms with Crippen LogP contribution in [0.5, 0.6) is 0 Å². The third-order valence-electron chi connectivity index (χ3n) is 0.353. The van der Waals surface area contributed by atoms with Gasteiger partial charge in [0.25, 0.3) is 0 Å². The van der Waals surface area contributed by atoms with E-state index in [1.807, 2.05) is 0 Å². The first-order valence-corrected chi connectivity index (χ1v) is 19.4. The van der Waals surface area contributed by atoms with Crippen molar-refractivity contribution in [1.82, 2.24) is 0 Å². The fourth-order valence-corrected chi connectivity index (χ4v) is 0.685. The summed E-state index contributed by atoms with van der Waals surface area (Å²) in [6.07, 6.45) is 0. The molecule has 0 amide bonds. The van der Waals surface area contributed by atoms with Crippen molar-refractivity contribution in [3.8, 4) is 0 Å². The van der Waals surface area contributed by atoms with Crippen molar-refractivity contribution in [1.29, 1.82) is 0 Å². The smallest absolute Gasteiger partial charge is 0.894 e. The molecule has 0 rings (SSSR count). The van der Waals surface area contributed by atoms with Crippen LogP contribution >= 0.6 is 0 Å². The summed E-state index contributed by atoms with van der Waals surface area (Å²) in [5.74, 6) is 0. The van der Waals surface area contributed by atoms with Gasteiger partial charge in [-0.3, -0.25) is 27.6 Å². The quantitative estimate of drug-likeness (QED) is 0.0667. The summed E-state index contributed by atoms with van der Waals surface area (Å²) in [5.41, 5.74) is 0. The monoisotopic (exact) mass is 1050 g/mol. The molecule has 0 spiro atoms. The molecule has 0 radical (unpaired) electrons. The molecule has 0 aromatic carbocycles. The van der Waals surface area contributed by atoms with Gasteiger partial charge in [-0.25, -0.2) is 15.1 Å². The van der Waals surface area contributed by atoms with Crippen LogP contribution in [0, 0.1) is 0 Å². The molecule has 320 valence electrons. The van der Waals surface area contributed by atoms with Crippen LogP contribution in [0.1, 0.15) is 0 Å². The van der Waals surface area contributed by atoms with Crippen LogP contribution in [0.25, 0.3) is 0 Å². The van der Waals surface area contributed by atoms with Crippen molar-refractivity contribution in [2.45, 2.75) is 0 Å². The van der Waals surface area contributed by atoms with Crippen molar-refractivity contribution in [3.05, 3.63) is 0 Å². The fraction of sp³-hybridized carbons (Fsp3) is 0. The van der Waals surface area contributed by atoms with Crippen LogP contribution in [0.4, 0.5) is 0 Å². The van der Waals surface area contributed by atoms with Gasteiger partial charge in [-0.2, -0.15) is 4.58 Å². The molecule has 0 saturated heterocycles. The van der Waals surface area contributed by atoms with E-state index in [0.717, 1.165) is 0 Å². The van der Waals surface area contributed by atoms with Gasteiger partial charge in [0.1, 0.15) is 0 Å². The molecule has 0 aromatic heterocycles. The molecule has 0 bridgehead atoms. The molecule has 0 heterocycles. The Kier molecular flexibility index (Phi) is 335. The first-order chi connectivity index (χ1) is 18.2. The van der Waals surface area contributed by atoms with E-state index in [4.69, 9.17) is 119 Å². The number of hydrogen-bond acceptors (Lipinski definition) is 29. The van der Waals surface area contributed by atoms with Gasteiger partial charge in [0, 0.05) is 0 Å². The molecule has 0 aromatic rings. The van der Waals surface area contributed by atoms with Crippen LogP contribution in [0.15, 0.2) is 0 Å². The molecule has 54 heavy (non-hydrogen) atoms. The van der Waals surface area contributed by atoms with Crippen molar-refractivity contribution >= 4 is 93.4 Å². The van der Waals surface area contributed by atoms with Crippen LogP contribution in [-0.2, 0) is 58.6 Å². The minimum absolute atomic E-state index is 0. The largest absolute Gasteiger partial charge is 1.00 e. The molecule has 1 unspecified atom stereocenters. The van der Waals surface area contributed by atoms with Crippen LogP contribution in [-0.4, -0.2) is 211 Å². The summed E-state index contributed by atoms with van der Waals surface area (Å²) in [4.78, 5) is 115. The average Bonchev–Trinajstić information content (AvgIpc) is 2.75. The molecule has 1 atom stereocenters. The zero-order valence-corrected chi connectivity index (χ0v) is 45.6. The maximum Gasteiger partial charge on any atom is 1.00 e. The van der Waals surface area contributed by atoms with Crippen molar-refractivity contribution in [2.24, 2.45) is 0 Å².